The van der Waals surface area contributed by atoms with Gasteiger partial charge in [0.1, 0.15) is 17.9 Å². The molecule has 0 aliphatic carbocycles. The Morgan fingerprint density at radius 3 is 2.61 bits per heavy atom. The van der Waals surface area contributed by atoms with Crippen LogP contribution in [-0.2, 0) is 16.1 Å². The number of nitrogens with zero attached hydrogens (tertiary/aromatic N) is 1. The fourth-order valence-corrected chi connectivity index (χ4v) is 2.58. The van der Waals surface area contributed by atoms with Crippen molar-refractivity contribution < 1.29 is 23.5 Å². The van der Waals surface area contributed by atoms with Crippen molar-refractivity contribution in [3.8, 4) is 11.8 Å². The number of carbonyl (C=O) groups excluding carboxylic acids is 2. The standard InChI is InChI=1S/C21H18N2O5/c22-11-6-12-23-19(24)14-27-21(25)20-17(13-26-15-7-2-1-3-8-15)16-9-4-5-10-18(16)28-20/h1-5,7-10H,6,12-14H2,(H,23,24). The maximum atomic E-state index is 12.5. The average molecular weight is 378 g/mol. The topological polar surface area (TPSA) is 102 Å². The lowest BCUT2D eigenvalue weighted by atomic mass is 10.1. The molecule has 28 heavy (non-hydrogen) atoms. The van der Waals surface area contributed by atoms with Crippen molar-refractivity contribution in [2.75, 3.05) is 13.2 Å². The minimum atomic E-state index is -0.752. The lowest BCUT2D eigenvalue weighted by Crippen LogP contribution is -2.29. The number of nitriles is 1. The largest absolute Gasteiger partial charge is 0.489 e. The van der Waals surface area contributed by atoms with E-state index in [1.54, 1.807) is 12.1 Å². The molecule has 0 aliphatic heterocycles. The van der Waals surface area contributed by atoms with E-state index in [2.05, 4.69) is 5.32 Å². The zero-order chi connectivity index (χ0) is 19.8. The molecule has 0 fully saturated rings. The summed E-state index contributed by atoms with van der Waals surface area (Å²) in [7, 11) is 0. The molecule has 0 saturated heterocycles. The van der Waals surface area contributed by atoms with Crippen molar-refractivity contribution in [1.82, 2.24) is 5.32 Å². The second-order valence-corrected chi connectivity index (χ2v) is 5.84. The van der Waals surface area contributed by atoms with Gasteiger partial charge < -0.3 is 19.2 Å². The summed E-state index contributed by atoms with van der Waals surface area (Å²) in [5.41, 5.74) is 1.08. The second-order valence-electron chi connectivity index (χ2n) is 5.84. The van der Waals surface area contributed by atoms with Gasteiger partial charge in [-0.25, -0.2) is 4.79 Å². The van der Waals surface area contributed by atoms with E-state index in [1.807, 2.05) is 48.5 Å². The van der Waals surface area contributed by atoms with Crippen LogP contribution in [0, 0.1) is 11.3 Å². The van der Waals surface area contributed by atoms with E-state index in [1.165, 1.54) is 0 Å². The number of esters is 1. The number of fused-ring (bicyclic) bond motifs is 1. The first kappa shape index (κ1) is 19.0. The van der Waals surface area contributed by atoms with E-state index in [9.17, 15) is 9.59 Å². The van der Waals surface area contributed by atoms with Crippen LogP contribution in [-0.4, -0.2) is 25.0 Å². The summed E-state index contributed by atoms with van der Waals surface area (Å²) >= 11 is 0. The number of benzene rings is 2. The predicted molar refractivity (Wildman–Crippen MR) is 101 cm³/mol. The third-order valence-corrected chi connectivity index (χ3v) is 3.90. The molecule has 7 heteroatoms. The van der Waals surface area contributed by atoms with Crippen molar-refractivity contribution in [2.24, 2.45) is 0 Å². The lowest BCUT2D eigenvalue weighted by molar-refractivity contribution is -0.124. The first-order valence-electron chi connectivity index (χ1n) is 8.68. The van der Waals surface area contributed by atoms with E-state index >= 15 is 0 Å². The van der Waals surface area contributed by atoms with Gasteiger partial charge >= 0.3 is 5.97 Å². The molecule has 0 aliphatic rings. The number of furan rings is 1. The van der Waals surface area contributed by atoms with Gasteiger partial charge in [-0.3, -0.25) is 4.79 Å². The molecule has 1 heterocycles. The first-order chi connectivity index (χ1) is 13.7. The van der Waals surface area contributed by atoms with Crippen LogP contribution in [0.3, 0.4) is 0 Å². The fraction of sp³-hybridized carbons (Fsp3) is 0.190. The smallest absolute Gasteiger partial charge is 0.375 e. The number of hydrogen-bond acceptors (Lipinski definition) is 6. The highest BCUT2D eigenvalue weighted by atomic mass is 16.5. The molecular formula is C21H18N2O5. The van der Waals surface area contributed by atoms with Crippen molar-refractivity contribution >= 4 is 22.8 Å². The molecule has 142 valence electrons. The van der Waals surface area contributed by atoms with Crippen molar-refractivity contribution in [1.29, 1.82) is 5.26 Å². The summed E-state index contributed by atoms with van der Waals surface area (Å²) in [4.78, 5) is 24.1. The van der Waals surface area contributed by atoms with E-state index in [0.717, 1.165) is 5.39 Å². The van der Waals surface area contributed by atoms with Gasteiger partial charge in [0.05, 0.1) is 18.1 Å². The molecule has 2 aromatic carbocycles. The van der Waals surface area contributed by atoms with E-state index in [-0.39, 0.29) is 25.3 Å². The molecule has 0 radical (unpaired) electrons. The summed E-state index contributed by atoms with van der Waals surface area (Å²) in [6, 6.07) is 18.3. The zero-order valence-corrected chi connectivity index (χ0v) is 15.0. The molecule has 0 spiro atoms. The first-order valence-corrected chi connectivity index (χ1v) is 8.68. The van der Waals surface area contributed by atoms with Crippen molar-refractivity contribution in [3.05, 3.63) is 65.9 Å². The van der Waals surface area contributed by atoms with Gasteiger partial charge in [0, 0.05) is 11.9 Å². The number of carbonyl (C=O) groups is 2. The Kier molecular flexibility index (Phi) is 6.26. The van der Waals surface area contributed by atoms with Crippen LogP contribution >= 0.6 is 0 Å². The van der Waals surface area contributed by atoms with Gasteiger partial charge in [-0.15, -0.1) is 0 Å². The van der Waals surface area contributed by atoms with Crippen LogP contribution in [0.25, 0.3) is 11.0 Å². The second kappa shape index (κ2) is 9.24. The molecule has 0 atom stereocenters. The number of hydrogen-bond donors (Lipinski definition) is 1. The molecular weight excluding hydrogens is 360 g/mol. The molecule has 0 unspecified atom stereocenters. The third-order valence-electron chi connectivity index (χ3n) is 3.90. The Morgan fingerprint density at radius 2 is 1.82 bits per heavy atom. The highest BCUT2D eigenvalue weighted by Gasteiger charge is 2.23. The number of nitrogens with one attached hydrogen (secondary N) is 1. The Hall–Kier alpha value is -3.79. The fourth-order valence-electron chi connectivity index (χ4n) is 2.58. The molecule has 0 saturated carbocycles. The Balaban J connectivity index is 1.73. The highest BCUT2D eigenvalue weighted by molar-refractivity contribution is 5.96. The van der Waals surface area contributed by atoms with Gasteiger partial charge in [-0.05, 0) is 18.2 Å². The Bertz CT molecular complexity index is 1000. The quantitative estimate of drug-likeness (QED) is 0.477. The van der Waals surface area contributed by atoms with Crippen molar-refractivity contribution in [2.45, 2.75) is 13.0 Å². The number of amides is 1. The van der Waals surface area contributed by atoms with Crippen molar-refractivity contribution in [3.63, 3.8) is 0 Å². The minimum absolute atomic E-state index is 0.00181. The number of ether oxygens (including phenoxy) is 2. The van der Waals surface area contributed by atoms with Crippen LogP contribution in [0.15, 0.2) is 59.0 Å². The van der Waals surface area contributed by atoms with Gasteiger partial charge in [0.25, 0.3) is 5.91 Å². The van der Waals surface area contributed by atoms with Crippen LogP contribution in [0.2, 0.25) is 0 Å². The van der Waals surface area contributed by atoms with Gasteiger partial charge in [-0.2, -0.15) is 5.26 Å². The van der Waals surface area contributed by atoms with E-state index < -0.39 is 18.5 Å². The number of para-hydroxylation sites is 2. The van der Waals surface area contributed by atoms with Gasteiger partial charge in [0.15, 0.2) is 6.61 Å². The average Bonchev–Trinajstić information content (AvgIpc) is 3.10. The van der Waals surface area contributed by atoms with Crippen LogP contribution in [0.4, 0.5) is 0 Å². The van der Waals surface area contributed by atoms with Gasteiger partial charge in [0.2, 0.25) is 5.76 Å². The molecule has 1 amide bonds. The summed E-state index contributed by atoms with van der Waals surface area (Å²) in [5.74, 6) is -0.578. The molecule has 3 aromatic rings. The Morgan fingerprint density at radius 1 is 1.07 bits per heavy atom. The molecule has 0 bridgehead atoms. The summed E-state index contributed by atoms with van der Waals surface area (Å²) < 4.78 is 16.5. The summed E-state index contributed by atoms with van der Waals surface area (Å²) in [6.07, 6.45) is 0.185. The molecule has 3 rings (SSSR count). The van der Waals surface area contributed by atoms with Crippen LogP contribution in [0.1, 0.15) is 22.5 Å². The SMILES string of the molecule is N#CCCNC(=O)COC(=O)c1oc2ccccc2c1COc1ccccc1. The van der Waals surface area contributed by atoms with Crippen LogP contribution in [0.5, 0.6) is 5.75 Å². The monoisotopic (exact) mass is 378 g/mol. The van der Waals surface area contributed by atoms with Gasteiger partial charge in [-0.1, -0.05) is 36.4 Å². The summed E-state index contributed by atoms with van der Waals surface area (Å²) in [6.45, 7) is -0.145. The maximum absolute atomic E-state index is 12.5. The highest BCUT2D eigenvalue weighted by Crippen LogP contribution is 2.28. The normalized spacial score (nSPS) is 10.2. The predicted octanol–water partition coefficient (Wildman–Crippen LogP) is 3.20. The van der Waals surface area contributed by atoms with E-state index in [4.69, 9.17) is 19.2 Å². The molecule has 7 nitrogen and oxygen atoms in total. The minimum Gasteiger partial charge on any atom is -0.489 e. The molecule has 1 aromatic heterocycles. The maximum Gasteiger partial charge on any atom is 0.375 e. The third kappa shape index (κ3) is 4.68. The molecule has 1 N–H and O–H groups in total. The lowest BCUT2D eigenvalue weighted by Gasteiger charge is -2.07. The van der Waals surface area contributed by atoms with Crippen LogP contribution < -0.4 is 10.1 Å². The van der Waals surface area contributed by atoms with E-state index in [0.29, 0.717) is 16.9 Å². The zero-order valence-electron chi connectivity index (χ0n) is 15.0. The number of rotatable bonds is 8. The Labute approximate surface area is 161 Å². The summed E-state index contributed by atoms with van der Waals surface area (Å²) in [5, 5.41) is 11.7.